The molecule has 2 heterocycles. The Kier molecular flexibility index (Phi) is 4.27. The van der Waals surface area contributed by atoms with Crippen LogP contribution in [0, 0.1) is 0 Å². The molecule has 122 valence electrons. The van der Waals surface area contributed by atoms with Gasteiger partial charge in [0.1, 0.15) is 4.21 Å². The Bertz CT molecular complexity index is 928. The van der Waals surface area contributed by atoms with Crippen molar-refractivity contribution in [2.24, 2.45) is 0 Å². The van der Waals surface area contributed by atoms with Gasteiger partial charge in [-0.25, -0.2) is 13.1 Å². The lowest BCUT2D eigenvalue weighted by atomic mass is 9.85. The molecule has 0 saturated heterocycles. The molecule has 0 unspecified atom stereocenters. The number of aromatic amines is 1. The van der Waals surface area contributed by atoms with Crippen molar-refractivity contribution in [2.75, 3.05) is 6.54 Å². The van der Waals surface area contributed by atoms with Gasteiger partial charge >= 0.3 is 0 Å². The fraction of sp³-hybridized carbons (Fsp3) is 0.250. The van der Waals surface area contributed by atoms with Crippen LogP contribution in [0.1, 0.15) is 19.4 Å². The highest BCUT2D eigenvalue weighted by Crippen LogP contribution is 2.32. The van der Waals surface area contributed by atoms with Crippen molar-refractivity contribution in [1.29, 1.82) is 0 Å². The normalized spacial score (nSPS) is 12.8. The number of aromatic nitrogens is 1. The van der Waals surface area contributed by atoms with E-state index in [1.54, 1.807) is 17.5 Å². The Morgan fingerprint density at radius 1 is 1.30 bits per heavy atom. The van der Waals surface area contributed by atoms with E-state index in [4.69, 9.17) is 11.6 Å². The summed E-state index contributed by atoms with van der Waals surface area (Å²) in [5.74, 6) is 0. The molecule has 23 heavy (non-hydrogen) atoms. The molecule has 2 N–H and O–H groups in total. The maximum atomic E-state index is 12.3. The monoisotopic (exact) mass is 368 g/mol. The molecule has 0 atom stereocenters. The van der Waals surface area contributed by atoms with Gasteiger partial charge in [0.05, 0.1) is 0 Å². The molecule has 0 bridgehead atoms. The lowest BCUT2D eigenvalue weighted by Crippen LogP contribution is -2.36. The minimum absolute atomic E-state index is 0.298. The lowest BCUT2D eigenvalue weighted by molar-refractivity contribution is 0.505. The van der Waals surface area contributed by atoms with Crippen molar-refractivity contribution in [2.45, 2.75) is 23.5 Å². The number of thiophene rings is 1. The highest BCUT2D eigenvalue weighted by Gasteiger charge is 2.27. The van der Waals surface area contributed by atoms with E-state index in [1.807, 2.05) is 38.2 Å². The largest absolute Gasteiger partial charge is 0.361 e. The van der Waals surface area contributed by atoms with E-state index in [2.05, 4.69) is 9.71 Å². The second-order valence-corrected chi connectivity index (χ2v) is 9.41. The molecular weight excluding hydrogens is 352 g/mol. The number of halogens is 1. The van der Waals surface area contributed by atoms with Gasteiger partial charge in [-0.3, -0.25) is 0 Å². The minimum atomic E-state index is -3.47. The van der Waals surface area contributed by atoms with E-state index < -0.39 is 10.0 Å². The molecule has 0 saturated carbocycles. The SMILES string of the molecule is CC(C)(CNS(=O)(=O)c1cccs1)c1c[nH]c2ccc(Cl)cc12. The first-order valence-corrected chi connectivity index (χ1v) is 9.84. The zero-order valence-corrected chi connectivity index (χ0v) is 15.1. The predicted molar refractivity (Wildman–Crippen MR) is 95.8 cm³/mol. The van der Waals surface area contributed by atoms with Crippen molar-refractivity contribution in [3.8, 4) is 0 Å². The average Bonchev–Trinajstić information content (AvgIpc) is 3.14. The smallest absolute Gasteiger partial charge is 0.250 e. The minimum Gasteiger partial charge on any atom is -0.361 e. The zero-order valence-electron chi connectivity index (χ0n) is 12.8. The summed E-state index contributed by atoms with van der Waals surface area (Å²) < 4.78 is 27.6. The van der Waals surface area contributed by atoms with Gasteiger partial charge in [-0.15, -0.1) is 11.3 Å². The summed E-state index contributed by atoms with van der Waals surface area (Å²) >= 11 is 7.30. The van der Waals surface area contributed by atoms with Gasteiger partial charge in [0.25, 0.3) is 0 Å². The van der Waals surface area contributed by atoms with Crippen LogP contribution in [0.25, 0.3) is 10.9 Å². The third-order valence-corrected chi connectivity index (χ3v) is 6.87. The van der Waals surface area contributed by atoms with E-state index in [0.29, 0.717) is 15.8 Å². The van der Waals surface area contributed by atoms with Gasteiger partial charge in [0.15, 0.2) is 0 Å². The molecule has 3 rings (SSSR count). The molecule has 0 aliphatic rings. The summed E-state index contributed by atoms with van der Waals surface area (Å²) in [5.41, 5.74) is 1.63. The second-order valence-electron chi connectivity index (χ2n) is 6.03. The van der Waals surface area contributed by atoms with E-state index in [9.17, 15) is 8.42 Å². The summed E-state index contributed by atoms with van der Waals surface area (Å²) in [4.78, 5) is 3.21. The Morgan fingerprint density at radius 3 is 2.78 bits per heavy atom. The Hall–Kier alpha value is -1.34. The molecular formula is C16H17ClN2O2S2. The van der Waals surface area contributed by atoms with E-state index >= 15 is 0 Å². The number of fused-ring (bicyclic) bond motifs is 1. The highest BCUT2D eigenvalue weighted by atomic mass is 35.5. The number of hydrogen-bond donors (Lipinski definition) is 2. The van der Waals surface area contributed by atoms with Crippen molar-refractivity contribution < 1.29 is 8.42 Å². The van der Waals surface area contributed by atoms with Crippen molar-refractivity contribution in [3.63, 3.8) is 0 Å². The summed E-state index contributed by atoms with van der Waals surface area (Å²) in [6.45, 7) is 4.31. The number of sulfonamides is 1. The maximum absolute atomic E-state index is 12.3. The van der Waals surface area contributed by atoms with Crippen molar-refractivity contribution >= 4 is 43.9 Å². The molecule has 1 aromatic carbocycles. The summed E-state index contributed by atoms with van der Waals surface area (Å²) in [6, 6.07) is 8.99. The molecule has 0 amide bonds. The molecule has 0 fully saturated rings. The van der Waals surface area contributed by atoms with Gasteiger partial charge in [-0.1, -0.05) is 31.5 Å². The number of benzene rings is 1. The zero-order chi connectivity index (χ0) is 16.7. The first-order valence-electron chi connectivity index (χ1n) is 7.10. The lowest BCUT2D eigenvalue weighted by Gasteiger charge is -2.24. The number of hydrogen-bond acceptors (Lipinski definition) is 3. The molecule has 2 aromatic heterocycles. The van der Waals surface area contributed by atoms with Crippen molar-refractivity contribution in [3.05, 3.63) is 52.5 Å². The molecule has 3 aromatic rings. The molecule has 0 aliphatic heterocycles. The van der Waals surface area contributed by atoms with Crippen LogP contribution < -0.4 is 4.72 Å². The van der Waals surface area contributed by atoms with Gasteiger partial charge in [-0.05, 0) is 35.2 Å². The Morgan fingerprint density at radius 2 is 2.09 bits per heavy atom. The first-order chi connectivity index (χ1) is 10.8. The molecule has 0 radical (unpaired) electrons. The number of rotatable bonds is 5. The fourth-order valence-electron chi connectivity index (χ4n) is 2.51. The average molecular weight is 369 g/mol. The molecule has 0 spiro atoms. The standard InChI is InChI=1S/C16H17ClN2O2S2/c1-16(2,10-19-23(20,21)15-4-3-7-22-15)13-9-18-14-6-5-11(17)8-12(13)14/h3-9,18-19H,10H2,1-2H3. The second kappa shape index (κ2) is 5.94. The van der Waals surface area contributed by atoms with Crippen LogP contribution in [0.5, 0.6) is 0 Å². The third kappa shape index (κ3) is 3.30. The van der Waals surface area contributed by atoms with Gasteiger partial charge in [0, 0.05) is 34.1 Å². The van der Waals surface area contributed by atoms with Crippen LogP contribution in [0.3, 0.4) is 0 Å². The predicted octanol–water partition coefficient (Wildman–Crippen LogP) is 4.14. The van der Waals surface area contributed by atoms with Crippen LogP contribution in [-0.4, -0.2) is 19.9 Å². The molecule has 7 heteroatoms. The summed E-state index contributed by atoms with van der Waals surface area (Å²) in [7, 11) is -3.47. The molecule has 0 aliphatic carbocycles. The number of H-pyrrole nitrogens is 1. The summed E-state index contributed by atoms with van der Waals surface area (Å²) in [5, 5.41) is 3.42. The fourth-order valence-corrected chi connectivity index (χ4v) is 4.93. The Balaban J connectivity index is 1.88. The van der Waals surface area contributed by atoms with Gasteiger partial charge in [0.2, 0.25) is 10.0 Å². The number of nitrogens with one attached hydrogen (secondary N) is 2. The van der Waals surface area contributed by atoms with Crippen LogP contribution >= 0.6 is 22.9 Å². The quantitative estimate of drug-likeness (QED) is 0.711. The van der Waals surface area contributed by atoms with Gasteiger partial charge < -0.3 is 4.98 Å². The van der Waals surface area contributed by atoms with Crippen LogP contribution in [0.2, 0.25) is 5.02 Å². The van der Waals surface area contributed by atoms with Crippen LogP contribution in [0.15, 0.2) is 46.1 Å². The third-order valence-electron chi connectivity index (χ3n) is 3.84. The van der Waals surface area contributed by atoms with E-state index in [0.717, 1.165) is 16.5 Å². The van der Waals surface area contributed by atoms with E-state index in [-0.39, 0.29) is 5.41 Å². The first kappa shape index (κ1) is 16.5. The summed E-state index contributed by atoms with van der Waals surface area (Å²) in [6.07, 6.45) is 1.92. The molecule has 4 nitrogen and oxygen atoms in total. The van der Waals surface area contributed by atoms with Crippen molar-refractivity contribution in [1.82, 2.24) is 9.71 Å². The van der Waals surface area contributed by atoms with Crippen LogP contribution in [0.4, 0.5) is 0 Å². The topological polar surface area (TPSA) is 62.0 Å². The maximum Gasteiger partial charge on any atom is 0.250 e. The van der Waals surface area contributed by atoms with Crippen LogP contribution in [-0.2, 0) is 15.4 Å². The van der Waals surface area contributed by atoms with E-state index in [1.165, 1.54) is 11.3 Å². The van der Waals surface area contributed by atoms with Gasteiger partial charge in [-0.2, -0.15) is 0 Å². The highest BCUT2D eigenvalue weighted by molar-refractivity contribution is 7.91. The Labute approximate surface area is 144 Å².